The first-order valence-corrected chi connectivity index (χ1v) is 9.51. The van der Waals surface area contributed by atoms with Gasteiger partial charge in [-0.25, -0.2) is 4.79 Å². The fourth-order valence-corrected chi connectivity index (χ4v) is 3.72. The van der Waals surface area contributed by atoms with E-state index in [1.54, 1.807) is 11.8 Å². The lowest BCUT2D eigenvalue weighted by Gasteiger charge is -2.09. The van der Waals surface area contributed by atoms with Crippen molar-refractivity contribution in [1.29, 1.82) is 0 Å². The van der Waals surface area contributed by atoms with Crippen LogP contribution in [0.1, 0.15) is 5.56 Å². The van der Waals surface area contributed by atoms with Crippen LogP contribution in [0.3, 0.4) is 0 Å². The zero-order valence-corrected chi connectivity index (χ0v) is 15.8. The van der Waals surface area contributed by atoms with Gasteiger partial charge < -0.3 is 10.6 Å². The Morgan fingerprint density at radius 2 is 1.86 bits per heavy atom. The molecule has 0 aromatic heterocycles. The lowest BCUT2D eigenvalue weighted by atomic mass is 10.2. The predicted octanol–water partition coefficient (Wildman–Crippen LogP) is 5.27. The minimum atomic E-state index is -0.191. The van der Waals surface area contributed by atoms with Crippen molar-refractivity contribution in [3.8, 4) is 0 Å². The van der Waals surface area contributed by atoms with Crippen LogP contribution in [0.15, 0.2) is 57.5 Å². The third-order valence-electron chi connectivity index (χ3n) is 2.82. The van der Waals surface area contributed by atoms with Gasteiger partial charge in [0.15, 0.2) is 0 Å². The molecule has 0 aliphatic rings. The average Bonchev–Trinajstić information content (AvgIpc) is 2.51. The average molecular weight is 444 g/mol. The molecule has 2 N–H and O–H groups in total. The highest BCUT2D eigenvalue weighted by atomic mass is 79.9. The molecule has 3 nitrogen and oxygen atoms in total. The maximum absolute atomic E-state index is 11.8. The van der Waals surface area contributed by atoms with Gasteiger partial charge in [0.2, 0.25) is 0 Å². The van der Waals surface area contributed by atoms with Crippen molar-refractivity contribution in [2.45, 2.75) is 5.75 Å². The third-order valence-corrected chi connectivity index (χ3v) is 5.00. The fraction of sp³-hybridized carbons (Fsp3) is 0.188. The Kier molecular flexibility index (Phi) is 7.29. The van der Waals surface area contributed by atoms with Gasteiger partial charge in [0.1, 0.15) is 0 Å². The summed E-state index contributed by atoms with van der Waals surface area (Å²) < 4.78 is 1.80. The van der Waals surface area contributed by atoms with E-state index in [9.17, 15) is 4.79 Å². The van der Waals surface area contributed by atoms with Crippen LogP contribution in [0.2, 0.25) is 0 Å². The number of rotatable bonds is 6. The summed E-state index contributed by atoms with van der Waals surface area (Å²) in [4.78, 5) is 11.8. The van der Waals surface area contributed by atoms with Gasteiger partial charge in [-0.3, -0.25) is 0 Å². The van der Waals surface area contributed by atoms with Gasteiger partial charge >= 0.3 is 6.03 Å². The Labute approximate surface area is 151 Å². The number of halogens is 2. The molecule has 0 aliphatic heterocycles. The summed E-state index contributed by atoms with van der Waals surface area (Å²) in [5.41, 5.74) is 2.05. The van der Waals surface area contributed by atoms with E-state index in [0.29, 0.717) is 6.54 Å². The van der Waals surface area contributed by atoms with Crippen molar-refractivity contribution < 1.29 is 4.79 Å². The van der Waals surface area contributed by atoms with E-state index in [4.69, 9.17) is 0 Å². The molecule has 0 heterocycles. The molecule has 2 aromatic rings. The maximum Gasteiger partial charge on any atom is 0.319 e. The number of amides is 2. The highest BCUT2D eigenvalue weighted by Gasteiger charge is 2.05. The number of anilines is 1. The van der Waals surface area contributed by atoms with Gasteiger partial charge in [-0.05, 0) is 39.7 Å². The first kappa shape index (κ1) is 17.4. The van der Waals surface area contributed by atoms with Crippen LogP contribution in [0, 0.1) is 0 Å². The second-order valence-electron chi connectivity index (χ2n) is 4.54. The van der Waals surface area contributed by atoms with Crippen LogP contribution in [-0.2, 0) is 5.75 Å². The van der Waals surface area contributed by atoms with Gasteiger partial charge in [-0.2, -0.15) is 11.8 Å². The summed E-state index contributed by atoms with van der Waals surface area (Å²) in [5.74, 6) is 1.84. The molecule has 0 fully saturated rings. The zero-order chi connectivity index (χ0) is 15.8. The van der Waals surface area contributed by atoms with E-state index in [1.807, 2.05) is 36.4 Å². The number of hydrogen-bond acceptors (Lipinski definition) is 2. The zero-order valence-electron chi connectivity index (χ0n) is 11.8. The van der Waals surface area contributed by atoms with E-state index in [-0.39, 0.29) is 6.03 Å². The number of hydrogen-bond donors (Lipinski definition) is 2. The maximum atomic E-state index is 11.8. The Bertz CT molecular complexity index is 623. The molecule has 2 rings (SSSR count). The Morgan fingerprint density at radius 1 is 1.09 bits per heavy atom. The lowest BCUT2D eigenvalue weighted by Crippen LogP contribution is -2.30. The molecular formula is C16H16Br2N2OS. The number of benzene rings is 2. The first-order chi connectivity index (χ1) is 10.6. The fourth-order valence-electron chi connectivity index (χ4n) is 1.76. The van der Waals surface area contributed by atoms with E-state index >= 15 is 0 Å². The monoisotopic (exact) mass is 442 g/mol. The number of urea groups is 1. The van der Waals surface area contributed by atoms with E-state index < -0.39 is 0 Å². The van der Waals surface area contributed by atoms with Crippen molar-refractivity contribution in [3.63, 3.8) is 0 Å². The molecular weight excluding hydrogens is 428 g/mol. The highest BCUT2D eigenvalue weighted by molar-refractivity contribution is 9.11. The number of nitrogens with one attached hydrogen (secondary N) is 2. The number of carbonyl (C=O) groups excluding carboxylic acids is 1. The summed E-state index contributed by atoms with van der Waals surface area (Å²) in [6, 6.07) is 15.7. The molecule has 2 aromatic carbocycles. The SMILES string of the molecule is O=C(NCCSCc1ccccc1)Nc1ccc(Br)cc1Br. The molecule has 116 valence electrons. The highest BCUT2D eigenvalue weighted by Crippen LogP contribution is 2.25. The molecule has 22 heavy (non-hydrogen) atoms. The van der Waals surface area contributed by atoms with Crippen molar-refractivity contribution in [3.05, 3.63) is 63.0 Å². The second-order valence-corrected chi connectivity index (χ2v) is 7.42. The van der Waals surface area contributed by atoms with Crippen molar-refractivity contribution in [2.75, 3.05) is 17.6 Å². The first-order valence-electron chi connectivity index (χ1n) is 6.77. The summed E-state index contributed by atoms with van der Waals surface area (Å²) in [6.07, 6.45) is 0. The van der Waals surface area contributed by atoms with Crippen LogP contribution in [0.4, 0.5) is 10.5 Å². The molecule has 0 bridgehead atoms. The molecule has 0 atom stereocenters. The molecule has 0 saturated heterocycles. The Hall–Kier alpha value is -0.980. The normalized spacial score (nSPS) is 10.3. The molecule has 0 saturated carbocycles. The van der Waals surface area contributed by atoms with E-state index in [0.717, 1.165) is 26.1 Å². The molecule has 0 aliphatic carbocycles. The van der Waals surface area contributed by atoms with Gasteiger partial charge in [0.05, 0.1) is 5.69 Å². The smallest absolute Gasteiger partial charge is 0.319 e. The van der Waals surface area contributed by atoms with E-state index in [2.05, 4.69) is 54.6 Å². The Morgan fingerprint density at radius 3 is 2.59 bits per heavy atom. The van der Waals surface area contributed by atoms with Crippen LogP contribution >= 0.6 is 43.6 Å². The van der Waals surface area contributed by atoms with Gasteiger partial charge in [0, 0.05) is 27.0 Å². The standard InChI is InChI=1S/C16H16Br2N2OS/c17-13-6-7-15(14(18)10-13)20-16(21)19-8-9-22-11-12-4-2-1-3-5-12/h1-7,10H,8-9,11H2,(H2,19,20,21). The van der Waals surface area contributed by atoms with Gasteiger partial charge in [-0.1, -0.05) is 46.3 Å². The van der Waals surface area contributed by atoms with Crippen molar-refractivity contribution >= 4 is 55.3 Å². The van der Waals surface area contributed by atoms with Crippen LogP contribution in [0.5, 0.6) is 0 Å². The predicted molar refractivity (Wildman–Crippen MR) is 101 cm³/mol. The molecule has 0 unspecified atom stereocenters. The van der Waals surface area contributed by atoms with Crippen molar-refractivity contribution in [2.24, 2.45) is 0 Å². The minimum Gasteiger partial charge on any atom is -0.337 e. The molecule has 0 spiro atoms. The summed E-state index contributed by atoms with van der Waals surface area (Å²) in [7, 11) is 0. The largest absolute Gasteiger partial charge is 0.337 e. The van der Waals surface area contributed by atoms with Crippen LogP contribution in [0.25, 0.3) is 0 Å². The number of carbonyl (C=O) groups is 1. The van der Waals surface area contributed by atoms with Crippen molar-refractivity contribution in [1.82, 2.24) is 5.32 Å². The Balaban J connectivity index is 1.65. The molecule has 0 radical (unpaired) electrons. The van der Waals surface area contributed by atoms with Crippen LogP contribution in [-0.4, -0.2) is 18.3 Å². The number of thioether (sulfide) groups is 1. The van der Waals surface area contributed by atoms with E-state index in [1.165, 1.54) is 5.56 Å². The lowest BCUT2D eigenvalue weighted by molar-refractivity contribution is 0.252. The minimum absolute atomic E-state index is 0.191. The summed E-state index contributed by atoms with van der Waals surface area (Å²) in [6.45, 7) is 0.636. The summed E-state index contributed by atoms with van der Waals surface area (Å²) in [5, 5.41) is 5.67. The van der Waals surface area contributed by atoms with Gasteiger partial charge in [0.25, 0.3) is 0 Å². The topological polar surface area (TPSA) is 41.1 Å². The molecule has 6 heteroatoms. The molecule has 2 amide bonds. The summed E-state index contributed by atoms with van der Waals surface area (Å²) >= 11 is 8.60. The third kappa shape index (κ3) is 6.02. The van der Waals surface area contributed by atoms with Crippen LogP contribution < -0.4 is 10.6 Å². The quantitative estimate of drug-likeness (QED) is 0.597. The van der Waals surface area contributed by atoms with Gasteiger partial charge in [-0.15, -0.1) is 0 Å². The second kappa shape index (κ2) is 9.22.